The largest absolute Gasteiger partial charge is 0.444 e. The minimum atomic E-state index is -0.932. The summed E-state index contributed by atoms with van der Waals surface area (Å²) in [7, 11) is 0. The lowest BCUT2D eigenvalue weighted by atomic mass is 10.1. The van der Waals surface area contributed by atoms with Crippen LogP contribution in [0.1, 0.15) is 39.6 Å². The van der Waals surface area contributed by atoms with E-state index in [1.165, 1.54) is 12.3 Å². The van der Waals surface area contributed by atoms with Crippen molar-refractivity contribution in [3.8, 4) is 11.3 Å². The zero-order valence-electron chi connectivity index (χ0n) is 13.4. The molecule has 23 heavy (non-hydrogen) atoms. The van der Waals surface area contributed by atoms with Gasteiger partial charge in [-0.25, -0.2) is 18.6 Å². The molecule has 1 heterocycles. The van der Waals surface area contributed by atoms with Crippen molar-refractivity contribution in [1.82, 2.24) is 15.3 Å². The Morgan fingerprint density at radius 2 is 2.00 bits per heavy atom. The molecule has 0 aliphatic carbocycles. The first-order chi connectivity index (χ1) is 10.7. The van der Waals surface area contributed by atoms with Crippen LogP contribution in [0.3, 0.4) is 0 Å². The van der Waals surface area contributed by atoms with Gasteiger partial charge < -0.3 is 15.0 Å². The third-order valence-corrected chi connectivity index (χ3v) is 2.97. The number of carbonyl (C=O) groups excluding carboxylic acids is 1. The normalized spacial score (nSPS) is 12.8. The molecule has 2 aromatic rings. The molecule has 0 unspecified atom stereocenters. The highest BCUT2D eigenvalue weighted by Crippen LogP contribution is 2.21. The van der Waals surface area contributed by atoms with Crippen LogP contribution in [0.25, 0.3) is 11.3 Å². The monoisotopic (exact) mass is 323 g/mol. The second kappa shape index (κ2) is 6.36. The van der Waals surface area contributed by atoms with E-state index in [0.717, 1.165) is 12.1 Å². The maximum Gasteiger partial charge on any atom is 0.408 e. The summed E-state index contributed by atoms with van der Waals surface area (Å²) in [6.07, 6.45) is 0.936. The van der Waals surface area contributed by atoms with E-state index in [9.17, 15) is 13.6 Å². The third-order valence-electron chi connectivity index (χ3n) is 2.97. The Labute approximate surface area is 133 Å². The number of aromatic nitrogens is 2. The first-order valence-electron chi connectivity index (χ1n) is 7.15. The van der Waals surface area contributed by atoms with E-state index in [1.807, 2.05) is 0 Å². The number of nitrogens with zero attached hydrogens (tertiary/aromatic N) is 1. The Balaban J connectivity index is 2.09. The van der Waals surface area contributed by atoms with Crippen molar-refractivity contribution < 1.29 is 18.3 Å². The third kappa shape index (κ3) is 4.51. The van der Waals surface area contributed by atoms with Gasteiger partial charge in [-0.2, -0.15) is 0 Å². The van der Waals surface area contributed by atoms with Crippen LogP contribution in [0.15, 0.2) is 24.4 Å². The van der Waals surface area contributed by atoms with Gasteiger partial charge in [-0.3, -0.25) is 0 Å². The smallest absolute Gasteiger partial charge is 0.408 e. The van der Waals surface area contributed by atoms with Crippen molar-refractivity contribution in [1.29, 1.82) is 0 Å². The van der Waals surface area contributed by atoms with Crippen LogP contribution in [0.5, 0.6) is 0 Å². The van der Waals surface area contributed by atoms with Crippen LogP contribution < -0.4 is 5.32 Å². The van der Waals surface area contributed by atoms with E-state index in [1.54, 1.807) is 27.7 Å². The van der Waals surface area contributed by atoms with E-state index in [-0.39, 0.29) is 0 Å². The molecule has 0 bridgehead atoms. The zero-order chi connectivity index (χ0) is 17.2. The van der Waals surface area contributed by atoms with Gasteiger partial charge in [0, 0.05) is 5.56 Å². The number of carbonyl (C=O) groups is 1. The molecule has 1 aromatic heterocycles. The average Bonchev–Trinajstić information content (AvgIpc) is 2.89. The number of ether oxygens (including phenoxy) is 1. The van der Waals surface area contributed by atoms with Crippen LogP contribution >= 0.6 is 0 Å². The summed E-state index contributed by atoms with van der Waals surface area (Å²) >= 11 is 0. The van der Waals surface area contributed by atoms with Crippen LogP contribution in [0.4, 0.5) is 13.6 Å². The molecule has 0 saturated heterocycles. The Kier molecular flexibility index (Phi) is 4.68. The highest BCUT2D eigenvalue weighted by atomic mass is 19.2. The average molecular weight is 323 g/mol. The lowest BCUT2D eigenvalue weighted by molar-refractivity contribution is 0.0506. The number of halogens is 2. The second-order valence-electron chi connectivity index (χ2n) is 6.18. The van der Waals surface area contributed by atoms with Gasteiger partial charge in [-0.05, 0) is 45.9 Å². The molecule has 7 heteroatoms. The fourth-order valence-corrected chi connectivity index (χ4v) is 1.92. The molecular weight excluding hydrogens is 304 g/mol. The SMILES string of the molecule is C[C@H](NC(=O)OC(C)(C)C)c1ncc(-c2ccc(F)c(F)c2)[nH]1. The van der Waals surface area contributed by atoms with Crippen molar-refractivity contribution in [2.75, 3.05) is 0 Å². The van der Waals surface area contributed by atoms with Crippen molar-refractivity contribution in [2.45, 2.75) is 39.3 Å². The summed E-state index contributed by atoms with van der Waals surface area (Å²) < 4.78 is 31.4. The van der Waals surface area contributed by atoms with Gasteiger partial charge >= 0.3 is 6.09 Å². The van der Waals surface area contributed by atoms with E-state index in [2.05, 4.69) is 15.3 Å². The fourth-order valence-electron chi connectivity index (χ4n) is 1.92. The molecule has 2 N–H and O–H groups in total. The van der Waals surface area contributed by atoms with Crippen LogP contribution in [-0.2, 0) is 4.74 Å². The molecule has 0 aliphatic rings. The minimum Gasteiger partial charge on any atom is -0.444 e. The molecule has 124 valence electrons. The lowest BCUT2D eigenvalue weighted by Gasteiger charge is -2.21. The number of alkyl carbamates (subject to hydrolysis) is 1. The quantitative estimate of drug-likeness (QED) is 0.899. The molecule has 1 amide bonds. The molecule has 0 radical (unpaired) electrons. The molecule has 0 saturated carbocycles. The summed E-state index contributed by atoms with van der Waals surface area (Å²) in [6, 6.07) is 3.15. The predicted octanol–water partition coefficient (Wildman–Crippen LogP) is 3.94. The molecular formula is C16H19F2N3O2. The number of amides is 1. The Morgan fingerprint density at radius 1 is 1.30 bits per heavy atom. The summed E-state index contributed by atoms with van der Waals surface area (Å²) in [4.78, 5) is 18.9. The molecule has 5 nitrogen and oxygen atoms in total. The van der Waals surface area contributed by atoms with Gasteiger partial charge in [0.1, 0.15) is 11.4 Å². The van der Waals surface area contributed by atoms with Gasteiger partial charge in [0.15, 0.2) is 11.6 Å². The number of hydrogen-bond donors (Lipinski definition) is 2. The first-order valence-corrected chi connectivity index (χ1v) is 7.15. The standard InChI is InChI=1S/C16H19F2N3O2/c1-9(20-15(22)23-16(2,3)4)14-19-8-13(21-14)10-5-6-11(17)12(18)7-10/h5-9H,1-4H3,(H,19,21)(H,20,22)/t9-/m0/s1. The van der Waals surface area contributed by atoms with Crippen LogP contribution in [-0.4, -0.2) is 21.7 Å². The van der Waals surface area contributed by atoms with Gasteiger partial charge in [-0.15, -0.1) is 0 Å². The number of benzene rings is 1. The van der Waals surface area contributed by atoms with Crippen LogP contribution in [0, 0.1) is 11.6 Å². The summed E-state index contributed by atoms with van der Waals surface area (Å²) in [5.74, 6) is -1.36. The molecule has 0 aliphatic heterocycles. The van der Waals surface area contributed by atoms with Crippen molar-refractivity contribution in [3.63, 3.8) is 0 Å². The molecule has 1 atom stereocenters. The Hall–Kier alpha value is -2.44. The molecule has 0 fully saturated rings. The number of imidazole rings is 1. The van der Waals surface area contributed by atoms with E-state index in [0.29, 0.717) is 17.1 Å². The van der Waals surface area contributed by atoms with E-state index < -0.39 is 29.4 Å². The summed E-state index contributed by atoms with van der Waals surface area (Å²) in [6.45, 7) is 7.04. The lowest BCUT2D eigenvalue weighted by Crippen LogP contribution is -2.34. The second-order valence-corrected chi connectivity index (χ2v) is 6.18. The number of aromatic amines is 1. The molecule has 1 aromatic carbocycles. The number of hydrogen-bond acceptors (Lipinski definition) is 3. The van der Waals surface area contributed by atoms with Gasteiger partial charge in [0.2, 0.25) is 0 Å². The highest BCUT2D eigenvalue weighted by Gasteiger charge is 2.19. The minimum absolute atomic E-state index is 0.427. The number of rotatable bonds is 3. The fraction of sp³-hybridized carbons (Fsp3) is 0.375. The number of H-pyrrole nitrogens is 1. The van der Waals surface area contributed by atoms with E-state index in [4.69, 9.17) is 4.74 Å². The van der Waals surface area contributed by atoms with Gasteiger partial charge in [-0.1, -0.05) is 0 Å². The van der Waals surface area contributed by atoms with Crippen LogP contribution in [0.2, 0.25) is 0 Å². The van der Waals surface area contributed by atoms with Gasteiger partial charge in [0.05, 0.1) is 17.9 Å². The zero-order valence-corrected chi connectivity index (χ0v) is 13.4. The Bertz CT molecular complexity index is 708. The van der Waals surface area contributed by atoms with Gasteiger partial charge in [0.25, 0.3) is 0 Å². The van der Waals surface area contributed by atoms with Crippen molar-refractivity contribution in [2.24, 2.45) is 0 Å². The maximum absolute atomic E-state index is 13.3. The van der Waals surface area contributed by atoms with E-state index >= 15 is 0 Å². The maximum atomic E-state index is 13.3. The summed E-state index contributed by atoms with van der Waals surface area (Å²) in [5, 5.41) is 2.65. The topological polar surface area (TPSA) is 67.0 Å². The van der Waals surface area contributed by atoms with Crippen molar-refractivity contribution >= 4 is 6.09 Å². The summed E-state index contributed by atoms with van der Waals surface area (Å²) in [5.41, 5.74) is 0.396. The Morgan fingerprint density at radius 3 is 2.61 bits per heavy atom. The molecule has 2 rings (SSSR count). The highest BCUT2D eigenvalue weighted by molar-refractivity contribution is 5.68. The molecule has 0 spiro atoms. The number of nitrogens with one attached hydrogen (secondary N) is 2. The van der Waals surface area contributed by atoms with Crippen molar-refractivity contribution in [3.05, 3.63) is 41.9 Å². The predicted molar refractivity (Wildman–Crippen MR) is 81.7 cm³/mol. The first kappa shape index (κ1) is 16.9.